The molecule has 4 aliphatic rings. The predicted molar refractivity (Wildman–Crippen MR) is 132 cm³/mol. The van der Waals surface area contributed by atoms with Crippen LogP contribution in [0.1, 0.15) is 59.3 Å². The van der Waals surface area contributed by atoms with Crippen molar-refractivity contribution in [1.82, 2.24) is 0 Å². The molecule has 0 amide bonds. The molecule has 3 N–H and O–H groups in total. The number of hydrogen-bond donors (Lipinski definition) is 3. The summed E-state index contributed by atoms with van der Waals surface area (Å²) >= 11 is 0. The van der Waals surface area contributed by atoms with Crippen LogP contribution in [0.25, 0.3) is 0 Å². The molecule has 0 heterocycles. The number of aliphatic hydroxyl groups excluding tert-OH is 1. The second-order valence-corrected chi connectivity index (χ2v) is 11.8. The lowest BCUT2D eigenvalue weighted by Gasteiger charge is -2.61. The molecule has 11 heteroatoms. The van der Waals surface area contributed by atoms with Gasteiger partial charge >= 0.3 is 23.9 Å². The van der Waals surface area contributed by atoms with Crippen molar-refractivity contribution in [2.75, 3.05) is 6.61 Å². The molecule has 0 bridgehead atoms. The summed E-state index contributed by atoms with van der Waals surface area (Å²) in [6.45, 7) is 4.91. The number of carboxylic acid groups (broad SMARTS) is 2. The number of rotatable bonds is 8. The zero-order valence-corrected chi connectivity index (χ0v) is 22.2. The number of hydrogen-bond acceptors (Lipinski definition) is 9. The summed E-state index contributed by atoms with van der Waals surface area (Å²) in [6, 6.07) is 0. The third-order valence-corrected chi connectivity index (χ3v) is 9.63. The van der Waals surface area contributed by atoms with E-state index in [2.05, 4.69) is 0 Å². The molecule has 0 saturated heterocycles. The minimum absolute atomic E-state index is 0.0111. The standard InChI is InChI=1S/C28H34O11/c1-14-8-16-17-5-7-28(39-24(37)11-22(34)35,20(31)13-38-23(36)10-21(32)33)27(17,3)12-19(30)25(16)26(2)6-4-15(29)9-18(14)26/h4,6,9,14,16-17,19,25,30H,5,7-8,10-13H2,1-3H3,(H,32,33)(H,34,35)/t14-,16-,17-,19-,25+,26-,27-,28-/m0/s1. The van der Waals surface area contributed by atoms with Crippen LogP contribution in [0.5, 0.6) is 0 Å². The van der Waals surface area contributed by atoms with Gasteiger partial charge in [0, 0.05) is 16.7 Å². The molecule has 3 fully saturated rings. The van der Waals surface area contributed by atoms with E-state index in [1.165, 1.54) is 6.08 Å². The highest BCUT2D eigenvalue weighted by Gasteiger charge is 2.70. The summed E-state index contributed by atoms with van der Waals surface area (Å²) in [5.41, 5.74) is -2.63. The summed E-state index contributed by atoms with van der Waals surface area (Å²) < 4.78 is 10.6. The summed E-state index contributed by atoms with van der Waals surface area (Å²) in [6.07, 6.45) is 3.27. The fourth-order valence-corrected chi connectivity index (χ4v) is 8.21. The molecule has 3 saturated carbocycles. The fraction of sp³-hybridized carbons (Fsp3) is 0.643. The van der Waals surface area contributed by atoms with E-state index in [0.29, 0.717) is 12.8 Å². The summed E-state index contributed by atoms with van der Waals surface area (Å²) in [7, 11) is 0. The van der Waals surface area contributed by atoms with Crippen molar-refractivity contribution in [3.05, 3.63) is 23.8 Å². The quantitative estimate of drug-likeness (QED) is 0.298. The molecule has 212 valence electrons. The number of ether oxygens (including phenoxy) is 2. The molecule has 0 unspecified atom stereocenters. The molecule has 11 nitrogen and oxygen atoms in total. The van der Waals surface area contributed by atoms with Gasteiger partial charge in [0.05, 0.1) is 6.10 Å². The van der Waals surface area contributed by atoms with Crippen LogP contribution in [0.2, 0.25) is 0 Å². The van der Waals surface area contributed by atoms with E-state index < -0.39 is 71.6 Å². The van der Waals surface area contributed by atoms with Crippen LogP contribution in [-0.2, 0) is 38.2 Å². The molecule has 8 atom stereocenters. The smallest absolute Gasteiger partial charge is 0.318 e. The van der Waals surface area contributed by atoms with Crippen molar-refractivity contribution in [2.45, 2.75) is 71.0 Å². The minimum atomic E-state index is -1.88. The lowest BCUT2D eigenvalue weighted by molar-refractivity contribution is -0.202. The first kappa shape index (κ1) is 28.7. The Kier molecular flexibility index (Phi) is 7.35. The molecule has 0 radical (unpaired) electrons. The van der Waals surface area contributed by atoms with E-state index in [0.717, 1.165) is 5.57 Å². The monoisotopic (exact) mass is 546 g/mol. The first-order chi connectivity index (χ1) is 18.1. The van der Waals surface area contributed by atoms with E-state index in [4.69, 9.17) is 19.7 Å². The van der Waals surface area contributed by atoms with Crippen LogP contribution in [0, 0.1) is 34.5 Å². The Morgan fingerprint density at radius 1 is 1.05 bits per heavy atom. The molecule has 4 rings (SSSR count). The Labute approximate surface area is 225 Å². The highest BCUT2D eigenvalue weighted by Crippen LogP contribution is 2.68. The molecule has 0 aliphatic heterocycles. The average molecular weight is 547 g/mol. The maximum Gasteiger partial charge on any atom is 0.318 e. The normalized spacial score (nSPS) is 38.5. The van der Waals surface area contributed by atoms with E-state index in [9.17, 15) is 33.9 Å². The Bertz CT molecular complexity index is 1180. The average Bonchev–Trinajstić information content (AvgIpc) is 3.09. The summed E-state index contributed by atoms with van der Waals surface area (Å²) in [5.74, 6) is -6.61. The van der Waals surface area contributed by atoms with Gasteiger partial charge in [-0.15, -0.1) is 0 Å². The molecule has 0 aromatic carbocycles. The lowest BCUT2D eigenvalue weighted by Crippen LogP contribution is -2.63. The van der Waals surface area contributed by atoms with Gasteiger partial charge in [0.1, 0.15) is 12.8 Å². The number of ketones is 2. The highest BCUT2D eigenvalue weighted by atomic mass is 16.6. The highest BCUT2D eigenvalue weighted by molar-refractivity contribution is 6.01. The minimum Gasteiger partial charge on any atom is -0.481 e. The van der Waals surface area contributed by atoms with Crippen molar-refractivity contribution < 1.29 is 53.6 Å². The van der Waals surface area contributed by atoms with Crippen LogP contribution in [0.4, 0.5) is 0 Å². The van der Waals surface area contributed by atoms with Gasteiger partial charge in [-0.3, -0.25) is 28.8 Å². The lowest BCUT2D eigenvalue weighted by atomic mass is 9.44. The van der Waals surface area contributed by atoms with Gasteiger partial charge in [0.2, 0.25) is 5.78 Å². The van der Waals surface area contributed by atoms with Gasteiger partial charge in [-0.1, -0.05) is 32.4 Å². The first-order valence-corrected chi connectivity index (χ1v) is 13.1. The molecular formula is C28H34O11. The number of esters is 2. The van der Waals surface area contributed by atoms with Crippen LogP contribution < -0.4 is 0 Å². The number of Topliss-reactive ketones (excluding diaryl/α,β-unsaturated/α-hetero) is 1. The Morgan fingerprint density at radius 3 is 2.33 bits per heavy atom. The summed E-state index contributed by atoms with van der Waals surface area (Å²) in [4.78, 5) is 72.4. The van der Waals surface area contributed by atoms with Crippen molar-refractivity contribution in [2.24, 2.45) is 34.5 Å². The number of fused-ring (bicyclic) bond motifs is 5. The van der Waals surface area contributed by atoms with Crippen molar-refractivity contribution in [1.29, 1.82) is 0 Å². The molecule has 0 aromatic rings. The number of carbonyl (C=O) groups excluding carboxylic acids is 4. The van der Waals surface area contributed by atoms with Gasteiger partial charge in [-0.25, -0.2) is 0 Å². The van der Waals surface area contributed by atoms with Crippen molar-refractivity contribution in [3.8, 4) is 0 Å². The summed E-state index contributed by atoms with van der Waals surface area (Å²) in [5, 5.41) is 29.6. The van der Waals surface area contributed by atoms with E-state index in [-0.39, 0.29) is 42.3 Å². The van der Waals surface area contributed by atoms with Gasteiger partial charge in [-0.05, 0) is 55.6 Å². The number of carbonyl (C=O) groups is 6. The van der Waals surface area contributed by atoms with E-state index >= 15 is 0 Å². The number of aliphatic hydroxyl groups is 1. The Balaban J connectivity index is 1.71. The SMILES string of the molecule is C[C@H]1C[C@@H]2[C@H]([C@@H](O)C[C@@]3(C)[C@H]2CC[C@]3(OC(=O)CC(=O)O)C(=O)COC(=O)CC(=O)O)[C@@]2(C)C=CC(=O)C=C12. The van der Waals surface area contributed by atoms with Crippen molar-refractivity contribution >= 4 is 35.4 Å². The second kappa shape index (κ2) is 10.0. The molecule has 4 aliphatic carbocycles. The predicted octanol–water partition coefficient (Wildman–Crippen LogP) is 1.85. The van der Waals surface area contributed by atoms with Crippen LogP contribution >= 0.6 is 0 Å². The van der Waals surface area contributed by atoms with Crippen LogP contribution in [0.15, 0.2) is 23.8 Å². The van der Waals surface area contributed by atoms with Gasteiger partial charge in [0.15, 0.2) is 18.0 Å². The molecule has 0 spiro atoms. The fourth-order valence-electron chi connectivity index (χ4n) is 8.21. The van der Waals surface area contributed by atoms with E-state index in [1.807, 2.05) is 19.9 Å². The van der Waals surface area contributed by atoms with Gasteiger partial charge < -0.3 is 24.8 Å². The van der Waals surface area contributed by atoms with Crippen LogP contribution in [0.3, 0.4) is 0 Å². The molecule has 0 aromatic heterocycles. The molecular weight excluding hydrogens is 512 g/mol. The second-order valence-electron chi connectivity index (χ2n) is 11.8. The first-order valence-electron chi connectivity index (χ1n) is 13.1. The van der Waals surface area contributed by atoms with Gasteiger partial charge in [-0.2, -0.15) is 0 Å². The number of carboxylic acids is 2. The van der Waals surface area contributed by atoms with E-state index in [1.54, 1.807) is 13.0 Å². The van der Waals surface area contributed by atoms with Crippen LogP contribution in [-0.4, -0.2) is 69.1 Å². The zero-order chi connectivity index (χ0) is 28.9. The van der Waals surface area contributed by atoms with Gasteiger partial charge in [0.25, 0.3) is 0 Å². The van der Waals surface area contributed by atoms with Crippen molar-refractivity contribution in [3.63, 3.8) is 0 Å². The third kappa shape index (κ3) is 4.70. The number of allylic oxidation sites excluding steroid dienone is 4. The topological polar surface area (TPSA) is 182 Å². The Morgan fingerprint density at radius 2 is 1.69 bits per heavy atom. The molecule has 39 heavy (non-hydrogen) atoms. The Hall–Kier alpha value is -3.34. The zero-order valence-electron chi connectivity index (χ0n) is 22.2. The maximum atomic E-state index is 13.7. The number of aliphatic carboxylic acids is 2. The third-order valence-electron chi connectivity index (χ3n) is 9.63. The maximum absolute atomic E-state index is 13.7. The largest absolute Gasteiger partial charge is 0.481 e.